The van der Waals surface area contributed by atoms with Gasteiger partial charge in [0.1, 0.15) is 24.0 Å². The first-order valence-electron chi connectivity index (χ1n) is 12.0. The number of hydrogen-bond donors (Lipinski definition) is 3. The number of likely N-dealkylation sites (tertiary alicyclic amines) is 1. The van der Waals surface area contributed by atoms with E-state index in [4.69, 9.17) is 14.8 Å². The van der Waals surface area contributed by atoms with Crippen LogP contribution >= 0.6 is 0 Å². The number of halogens is 1. The Balaban J connectivity index is 1.21. The molecule has 8 nitrogen and oxygen atoms in total. The lowest BCUT2D eigenvalue weighted by Crippen LogP contribution is -2.47. The van der Waals surface area contributed by atoms with Crippen molar-refractivity contribution >= 4 is 28.4 Å². The molecule has 0 aliphatic carbocycles. The summed E-state index contributed by atoms with van der Waals surface area (Å²) in [6.45, 7) is 3.04. The number of hydrogen-bond acceptors (Lipinski definition) is 6. The largest absolute Gasteiger partial charge is 0.491 e. The predicted octanol–water partition coefficient (Wildman–Crippen LogP) is 3.84. The number of fused-ring (bicyclic) bond motifs is 2. The lowest BCUT2D eigenvalue weighted by molar-refractivity contribution is 0.123. The molecule has 2 amide bonds. The van der Waals surface area contributed by atoms with Crippen LogP contribution in [0.4, 0.5) is 20.7 Å². The minimum atomic E-state index is -0.314. The van der Waals surface area contributed by atoms with E-state index in [0.29, 0.717) is 24.7 Å². The van der Waals surface area contributed by atoms with Crippen molar-refractivity contribution in [2.45, 2.75) is 24.9 Å². The minimum Gasteiger partial charge on any atom is -0.491 e. The number of anilines is 2. The van der Waals surface area contributed by atoms with Gasteiger partial charge in [-0.05, 0) is 49.2 Å². The summed E-state index contributed by atoms with van der Waals surface area (Å²) < 4.78 is 19.0. The summed E-state index contributed by atoms with van der Waals surface area (Å²) in [5.74, 6) is 0.947. The highest BCUT2D eigenvalue weighted by molar-refractivity contribution is 5.93. The molecule has 0 radical (unpaired) electrons. The zero-order valence-corrected chi connectivity index (χ0v) is 19.7. The lowest BCUT2D eigenvalue weighted by atomic mass is 10.0. The summed E-state index contributed by atoms with van der Waals surface area (Å²) in [5.41, 5.74) is 2.43. The van der Waals surface area contributed by atoms with Crippen LogP contribution < -0.4 is 15.4 Å². The average Bonchev–Trinajstić information content (AvgIpc) is 3.25. The summed E-state index contributed by atoms with van der Waals surface area (Å²) in [6, 6.07) is 14.0. The van der Waals surface area contributed by atoms with Crippen molar-refractivity contribution in [2.24, 2.45) is 0 Å². The van der Waals surface area contributed by atoms with Gasteiger partial charge in [-0.1, -0.05) is 6.07 Å². The second-order valence-electron chi connectivity index (χ2n) is 9.13. The molecule has 184 valence electrons. The number of aromatic nitrogens is 1. The van der Waals surface area contributed by atoms with E-state index >= 15 is 0 Å². The quantitative estimate of drug-likeness (QED) is 0.498. The molecule has 0 bridgehead atoms. The molecule has 1 atom stereocenters. The molecule has 0 saturated carbocycles. The van der Waals surface area contributed by atoms with Gasteiger partial charge < -0.3 is 30.3 Å². The number of nitrogens with zero attached hydrogens (tertiary/aromatic N) is 3. The third kappa shape index (κ3) is 5.16. The summed E-state index contributed by atoms with van der Waals surface area (Å²) in [6.07, 6.45) is 1.79. The van der Waals surface area contributed by atoms with E-state index in [-0.39, 0.29) is 30.5 Å². The molecule has 1 fully saturated rings. The van der Waals surface area contributed by atoms with Crippen LogP contribution in [-0.2, 0) is 0 Å². The number of benzene rings is 2. The van der Waals surface area contributed by atoms with Crippen LogP contribution in [0.1, 0.15) is 24.4 Å². The number of pyridine rings is 1. The third-order valence-electron chi connectivity index (χ3n) is 6.86. The van der Waals surface area contributed by atoms with E-state index in [1.165, 1.54) is 12.1 Å². The number of amides is 2. The highest BCUT2D eigenvalue weighted by Gasteiger charge is 2.26. The molecule has 2 aromatic carbocycles. The second-order valence-corrected chi connectivity index (χ2v) is 9.13. The molecule has 0 spiro atoms. The molecule has 1 aromatic heterocycles. The normalized spacial score (nSPS) is 18.2. The number of rotatable bonds is 6. The molecule has 3 aromatic rings. The molecule has 2 aliphatic rings. The highest BCUT2D eigenvalue weighted by atomic mass is 19.1. The van der Waals surface area contributed by atoms with Crippen LogP contribution in [-0.4, -0.2) is 71.9 Å². The van der Waals surface area contributed by atoms with E-state index in [1.807, 2.05) is 37.4 Å². The average molecular weight is 480 g/mol. The van der Waals surface area contributed by atoms with Crippen molar-refractivity contribution in [2.75, 3.05) is 50.5 Å². The molecule has 5 rings (SSSR count). The smallest absolute Gasteiger partial charge is 0.321 e. The number of β-amino-alcohol motifs (C(OH)–C–C–N with tert-alkyl or cyclic N) is 1. The molecule has 3 heterocycles. The first-order valence-corrected chi connectivity index (χ1v) is 12.0. The van der Waals surface area contributed by atoms with Crippen molar-refractivity contribution < 1.29 is 19.0 Å². The third-order valence-corrected chi connectivity index (χ3v) is 6.86. The van der Waals surface area contributed by atoms with Crippen LogP contribution in [0, 0.1) is 5.82 Å². The van der Waals surface area contributed by atoms with Crippen LogP contribution in [0.2, 0.25) is 0 Å². The summed E-state index contributed by atoms with van der Waals surface area (Å²) in [5, 5.41) is 16.4. The SMILES string of the molecule is CN(C(=O)Nc1ccc2nc(NC3COc4cc(F)ccc43)ccc2c1)C1CCN(CCO)CC1. The monoisotopic (exact) mass is 479 g/mol. The van der Waals surface area contributed by atoms with Gasteiger partial charge in [0.25, 0.3) is 0 Å². The Morgan fingerprint density at radius 3 is 2.83 bits per heavy atom. The maximum atomic E-state index is 13.4. The lowest BCUT2D eigenvalue weighted by Gasteiger charge is -2.36. The van der Waals surface area contributed by atoms with Gasteiger partial charge >= 0.3 is 6.03 Å². The summed E-state index contributed by atoms with van der Waals surface area (Å²) in [4.78, 5) is 21.5. The van der Waals surface area contributed by atoms with E-state index in [2.05, 4.69) is 15.5 Å². The standard InChI is InChI=1S/C26H30FN5O3/c1-31(20-8-10-32(11-9-20)12-13-33)26(34)28-19-4-6-22-17(14-19)2-7-25(29-22)30-23-16-35-24-15-18(27)3-5-21(23)24/h2-7,14-15,20,23,33H,8-13,16H2,1H3,(H,28,34)(H,29,30). The Labute approximate surface area is 203 Å². The molecule has 2 aliphatic heterocycles. The molecule has 9 heteroatoms. The topological polar surface area (TPSA) is 90.0 Å². The Hall–Kier alpha value is -3.43. The fourth-order valence-electron chi connectivity index (χ4n) is 4.81. The highest BCUT2D eigenvalue weighted by Crippen LogP contribution is 2.35. The number of carbonyl (C=O) groups excluding carboxylic acids is 1. The fourth-order valence-corrected chi connectivity index (χ4v) is 4.81. The zero-order valence-electron chi connectivity index (χ0n) is 19.7. The zero-order chi connectivity index (χ0) is 24.4. The van der Waals surface area contributed by atoms with Gasteiger partial charge in [-0.15, -0.1) is 0 Å². The van der Waals surface area contributed by atoms with Crippen molar-refractivity contribution in [1.29, 1.82) is 0 Å². The first kappa shape index (κ1) is 23.3. The molecule has 1 unspecified atom stereocenters. The molecular formula is C26H30FN5O3. The molecule has 1 saturated heterocycles. The van der Waals surface area contributed by atoms with Crippen molar-refractivity contribution in [3.63, 3.8) is 0 Å². The minimum absolute atomic E-state index is 0.0971. The van der Waals surface area contributed by atoms with Crippen LogP contribution in [0.3, 0.4) is 0 Å². The molecule has 35 heavy (non-hydrogen) atoms. The van der Waals surface area contributed by atoms with Gasteiger partial charge in [-0.3, -0.25) is 0 Å². The number of nitrogens with one attached hydrogen (secondary N) is 2. The predicted molar refractivity (Wildman–Crippen MR) is 133 cm³/mol. The number of ether oxygens (including phenoxy) is 1. The van der Waals surface area contributed by atoms with E-state index in [9.17, 15) is 9.18 Å². The molecular weight excluding hydrogens is 449 g/mol. The van der Waals surface area contributed by atoms with Crippen molar-refractivity contribution in [3.05, 3.63) is 59.9 Å². The van der Waals surface area contributed by atoms with Gasteiger partial charge in [0.05, 0.1) is 18.2 Å². The van der Waals surface area contributed by atoms with E-state index in [0.717, 1.165) is 48.1 Å². The van der Waals surface area contributed by atoms with Crippen LogP contribution in [0.5, 0.6) is 5.75 Å². The van der Waals surface area contributed by atoms with Crippen LogP contribution in [0.15, 0.2) is 48.5 Å². The Kier molecular flexibility index (Phi) is 6.70. The Morgan fingerprint density at radius 1 is 1.20 bits per heavy atom. The van der Waals surface area contributed by atoms with Crippen LogP contribution in [0.25, 0.3) is 10.9 Å². The van der Waals surface area contributed by atoms with Gasteiger partial charge in [0.15, 0.2) is 0 Å². The van der Waals surface area contributed by atoms with Gasteiger partial charge in [-0.25, -0.2) is 14.2 Å². The summed E-state index contributed by atoms with van der Waals surface area (Å²) >= 11 is 0. The molecule has 3 N–H and O–H groups in total. The van der Waals surface area contributed by atoms with Crippen molar-refractivity contribution in [3.8, 4) is 5.75 Å². The Bertz CT molecular complexity index is 1210. The maximum Gasteiger partial charge on any atom is 0.321 e. The van der Waals surface area contributed by atoms with Gasteiger partial charge in [0, 0.05) is 55.4 Å². The fraction of sp³-hybridized carbons (Fsp3) is 0.385. The van der Waals surface area contributed by atoms with Gasteiger partial charge in [-0.2, -0.15) is 0 Å². The second kappa shape index (κ2) is 10.1. The Morgan fingerprint density at radius 2 is 2.03 bits per heavy atom. The summed E-state index contributed by atoms with van der Waals surface area (Å²) in [7, 11) is 1.83. The maximum absolute atomic E-state index is 13.4. The number of carbonyl (C=O) groups is 1. The van der Waals surface area contributed by atoms with Crippen molar-refractivity contribution in [1.82, 2.24) is 14.8 Å². The number of piperidine rings is 1. The first-order chi connectivity index (χ1) is 17.0. The van der Waals surface area contributed by atoms with Gasteiger partial charge in [0.2, 0.25) is 0 Å². The van der Waals surface area contributed by atoms with E-state index in [1.54, 1.807) is 11.0 Å². The number of aliphatic hydroxyl groups is 1. The van der Waals surface area contributed by atoms with E-state index < -0.39 is 0 Å². The number of aliphatic hydroxyl groups excluding tert-OH is 1. The number of urea groups is 1.